The van der Waals surface area contributed by atoms with Gasteiger partial charge in [-0.25, -0.2) is 0 Å². The summed E-state index contributed by atoms with van der Waals surface area (Å²) in [5.74, 6) is 1.40. The second kappa shape index (κ2) is 6.76. The van der Waals surface area contributed by atoms with Crippen LogP contribution in [0.5, 0.6) is 0 Å². The molecule has 0 fully saturated rings. The summed E-state index contributed by atoms with van der Waals surface area (Å²) < 4.78 is 6.18. The van der Waals surface area contributed by atoms with Crippen LogP contribution in [0.25, 0.3) is 0 Å². The Bertz CT molecular complexity index is 770. The quantitative estimate of drug-likeness (QED) is 0.477. The maximum Gasteiger partial charge on any atom is 0.362 e. The molecular weight excluding hydrogens is 292 g/mol. The van der Waals surface area contributed by atoms with E-state index in [1.165, 1.54) is 33.4 Å². The van der Waals surface area contributed by atoms with Gasteiger partial charge in [-0.1, -0.05) is 18.2 Å². The molecule has 2 aromatic carbocycles. The van der Waals surface area contributed by atoms with E-state index in [-0.39, 0.29) is 0 Å². The van der Waals surface area contributed by atoms with E-state index in [1.807, 2.05) is 0 Å². The zero-order chi connectivity index (χ0) is 17.3. The normalized spacial score (nSPS) is 18.0. The van der Waals surface area contributed by atoms with Gasteiger partial charge in [0.1, 0.15) is 5.56 Å². The van der Waals surface area contributed by atoms with E-state index in [9.17, 15) is 0 Å². The SMILES string of the molecule is Cc1ccc(C2=[O+][C-](C)CCC(c3ccc(C)c(C)c3)[CH+]2)cc1C. The van der Waals surface area contributed by atoms with Crippen LogP contribution in [-0.2, 0) is 0 Å². The summed E-state index contributed by atoms with van der Waals surface area (Å²) in [7, 11) is 0. The van der Waals surface area contributed by atoms with Gasteiger partial charge in [0.2, 0.25) is 0 Å². The van der Waals surface area contributed by atoms with E-state index in [4.69, 9.17) is 4.42 Å². The molecular formula is C23H27O+. The first-order valence-electron chi connectivity index (χ1n) is 8.81. The molecule has 1 aliphatic heterocycles. The first kappa shape index (κ1) is 16.7. The highest BCUT2D eigenvalue weighted by Crippen LogP contribution is 2.33. The first-order chi connectivity index (χ1) is 11.4. The number of carbonyl (C=O) groups excluding carboxylic acids is 1. The minimum atomic E-state index is 0.401. The van der Waals surface area contributed by atoms with Crippen molar-refractivity contribution >= 4 is 5.78 Å². The highest BCUT2D eigenvalue weighted by molar-refractivity contribution is 6.03. The van der Waals surface area contributed by atoms with E-state index in [2.05, 4.69) is 77.4 Å². The Morgan fingerprint density at radius 2 is 1.58 bits per heavy atom. The van der Waals surface area contributed by atoms with E-state index in [1.54, 1.807) is 0 Å². The molecule has 0 saturated heterocycles. The zero-order valence-corrected chi connectivity index (χ0v) is 15.4. The standard InChI is InChI=1S/C23H27O/c1-15-6-9-20(12-17(15)3)21-11-8-19(5)24-23(14-21)22-10-7-16(2)18(4)13-22/h6-7,9-10,12-14,21H,8,11H2,1-5H3/q+1. The lowest BCUT2D eigenvalue weighted by atomic mass is 9.86. The minimum absolute atomic E-state index is 0.401. The lowest BCUT2D eigenvalue weighted by Gasteiger charge is -2.12. The summed E-state index contributed by atoms with van der Waals surface area (Å²) in [5, 5.41) is 0. The van der Waals surface area contributed by atoms with Crippen LogP contribution in [-0.4, -0.2) is 5.78 Å². The van der Waals surface area contributed by atoms with Gasteiger partial charge in [0, 0.05) is 12.1 Å². The number of benzene rings is 2. The summed E-state index contributed by atoms with van der Waals surface area (Å²) in [4.78, 5) is 0. The number of ketones is 1. The highest BCUT2D eigenvalue weighted by Gasteiger charge is 2.30. The molecule has 0 bridgehead atoms. The van der Waals surface area contributed by atoms with Crippen LogP contribution >= 0.6 is 0 Å². The monoisotopic (exact) mass is 319 g/mol. The van der Waals surface area contributed by atoms with Gasteiger partial charge in [-0.05, 0) is 81.3 Å². The smallest absolute Gasteiger partial charge is 0.355 e. The Labute approximate surface area is 146 Å². The van der Waals surface area contributed by atoms with Gasteiger partial charge in [-0.3, -0.25) is 0 Å². The van der Waals surface area contributed by atoms with Gasteiger partial charge in [0.15, 0.2) is 6.10 Å². The zero-order valence-electron chi connectivity index (χ0n) is 15.4. The molecule has 0 spiro atoms. The average molecular weight is 319 g/mol. The molecule has 1 nitrogen and oxygen atoms in total. The van der Waals surface area contributed by atoms with Gasteiger partial charge in [0.05, 0.1) is 12.3 Å². The van der Waals surface area contributed by atoms with Crippen molar-refractivity contribution < 1.29 is 4.42 Å². The van der Waals surface area contributed by atoms with Crippen LogP contribution in [0.4, 0.5) is 0 Å². The second-order valence-corrected chi connectivity index (χ2v) is 7.12. The fourth-order valence-corrected chi connectivity index (χ4v) is 3.21. The van der Waals surface area contributed by atoms with Crippen LogP contribution in [0.2, 0.25) is 0 Å². The molecule has 0 N–H and O–H groups in total. The molecule has 0 saturated carbocycles. The summed E-state index contributed by atoms with van der Waals surface area (Å²) in [6.07, 6.45) is 5.52. The number of aryl methyl sites for hydroxylation is 4. The lowest BCUT2D eigenvalue weighted by molar-refractivity contribution is -0.253. The Kier molecular flexibility index (Phi) is 4.71. The molecule has 3 rings (SSSR count). The highest BCUT2D eigenvalue weighted by atomic mass is 16.4. The molecule has 24 heavy (non-hydrogen) atoms. The van der Waals surface area contributed by atoms with Crippen molar-refractivity contribution in [3.63, 3.8) is 0 Å². The second-order valence-electron chi connectivity index (χ2n) is 7.12. The maximum atomic E-state index is 6.18. The Morgan fingerprint density at radius 1 is 0.917 bits per heavy atom. The van der Waals surface area contributed by atoms with Crippen molar-refractivity contribution in [2.45, 2.75) is 53.4 Å². The van der Waals surface area contributed by atoms with Crippen molar-refractivity contribution in [2.24, 2.45) is 0 Å². The van der Waals surface area contributed by atoms with Gasteiger partial charge in [-0.2, -0.15) is 0 Å². The van der Waals surface area contributed by atoms with Crippen LogP contribution in [0, 0.1) is 40.2 Å². The molecule has 0 amide bonds. The van der Waals surface area contributed by atoms with Crippen LogP contribution in [0.15, 0.2) is 36.4 Å². The molecule has 0 aliphatic carbocycles. The van der Waals surface area contributed by atoms with E-state index in [0.29, 0.717) is 5.92 Å². The third-order valence-electron chi connectivity index (χ3n) is 5.19. The Balaban J connectivity index is 1.93. The summed E-state index contributed by atoms with van der Waals surface area (Å²) in [6, 6.07) is 13.4. The van der Waals surface area contributed by atoms with Crippen LogP contribution < -0.4 is 0 Å². The number of rotatable bonds is 2. The molecule has 1 heterocycles. The van der Waals surface area contributed by atoms with Crippen LogP contribution in [0.3, 0.4) is 0 Å². The topological polar surface area (TPSA) is 11.3 Å². The van der Waals surface area contributed by atoms with E-state index < -0.39 is 0 Å². The Hall–Kier alpha value is -2.15. The van der Waals surface area contributed by atoms with Gasteiger partial charge >= 0.3 is 5.78 Å². The third-order valence-corrected chi connectivity index (χ3v) is 5.19. The predicted octanol–water partition coefficient (Wildman–Crippen LogP) is 5.97. The van der Waals surface area contributed by atoms with Crippen molar-refractivity contribution in [3.8, 4) is 0 Å². The lowest BCUT2D eigenvalue weighted by Crippen LogP contribution is -2.09. The molecule has 0 aromatic heterocycles. The largest absolute Gasteiger partial charge is 0.362 e. The molecule has 1 atom stereocenters. The van der Waals surface area contributed by atoms with Crippen LogP contribution in [0.1, 0.15) is 63.5 Å². The van der Waals surface area contributed by atoms with Crippen molar-refractivity contribution in [2.75, 3.05) is 0 Å². The van der Waals surface area contributed by atoms with Crippen molar-refractivity contribution in [3.05, 3.63) is 82.3 Å². The first-order valence-corrected chi connectivity index (χ1v) is 8.81. The average Bonchev–Trinajstić information content (AvgIpc) is 2.75. The van der Waals surface area contributed by atoms with Gasteiger partial charge in [-0.15, -0.1) is 0 Å². The number of hydrogen-bond donors (Lipinski definition) is 0. The Morgan fingerprint density at radius 3 is 2.25 bits per heavy atom. The summed E-state index contributed by atoms with van der Waals surface area (Å²) in [5.41, 5.74) is 7.90. The van der Waals surface area contributed by atoms with Gasteiger partial charge in [0.25, 0.3) is 0 Å². The van der Waals surface area contributed by atoms with Gasteiger partial charge < -0.3 is 4.42 Å². The molecule has 124 valence electrons. The molecule has 1 unspecified atom stereocenters. The minimum Gasteiger partial charge on any atom is -0.355 e. The molecule has 1 aliphatic rings. The van der Waals surface area contributed by atoms with E-state index >= 15 is 0 Å². The van der Waals surface area contributed by atoms with Crippen molar-refractivity contribution in [1.29, 1.82) is 0 Å². The maximum absolute atomic E-state index is 6.18. The molecule has 1 heteroatoms. The fraction of sp³-hybridized carbons (Fsp3) is 0.348. The molecule has 0 radical (unpaired) electrons. The predicted molar refractivity (Wildman–Crippen MR) is 101 cm³/mol. The summed E-state index contributed by atoms with van der Waals surface area (Å²) in [6.45, 7) is 10.8. The molecule has 2 aromatic rings. The fourth-order valence-electron chi connectivity index (χ4n) is 3.21. The van der Waals surface area contributed by atoms with Crippen molar-refractivity contribution in [1.82, 2.24) is 0 Å². The van der Waals surface area contributed by atoms with E-state index in [0.717, 1.165) is 24.7 Å². The number of hydrogen-bond acceptors (Lipinski definition) is 0. The summed E-state index contributed by atoms with van der Waals surface area (Å²) >= 11 is 0. The third kappa shape index (κ3) is 3.51.